The lowest BCUT2D eigenvalue weighted by molar-refractivity contribution is -0.167. The zero-order valence-electron chi connectivity index (χ0n) is 19.5. The number of alkyl halides is 2. The number of nitrogens with zero attached hydrogens (tertiary/aromatic N) is 7. The van der Waals surface area contributed by atoms with Gasteiger partial charge in [-0.1, -0.05) is 0 Å². The number of aryl methyl sites for hydroxylation is 1. The van der Waals surface area contributed by atoms with Crippen LogP contribution in [0.4, 0.5) is 32.2 Å². The van der Waals surface area contributed by atoms with Crippen LogP contribution in [0.25, 0.3) is 22.6 Å². The highest BCUT2D eigenvalue weighted by atomic mass is 19.3. The van der Waals surface area contributed by atoms with E-state index in [0.29, 0.717) is 42.1 Å². The maximum absolute atomic E-state index is 12.3. The lowest BCUT2D eigenvalue weighted by Gasteiger charge is -2.39. The highest BCUT2D eigenvalue weighted by Crippen LogP contribution is 2.32. The van der Waals surface area contributed by atoms with Crippen LogP contribution in [0.5, 0.6) is 5.75 Å². The molecule has 3 N–H and O–H groups in total. The van der Waals surface area contributed by atoms with E-state index in [1.807, 2.05) is 29.2 Å². The van der Waals surface area contributed by atoms with E-state index < -0.39 is 12.7 Å². The van der Waals surface area contributed by atoms with Crippen LogP contribution in [0.15, 0.2) is 48.8 Å². The summed E-state index contributed by atoms with van der Waals surface area (Å²) in [5.41, 5.74) is 8.60. The maximum Gasteiger partial charge on any atom is 0.345 e. The van der Waals surface area contributed by atoms with Crippen LogP contribution in [0, 0.1) is 0 Å². The van der Waals surface area contributed by atoms with Crippen LogP contribution in [0.2, 0.25) is 0 Å². The molecule has 0 bridgehead atoms. The molecule has 4 heterocycles. The van der Waals surface area contributed by atoms with Crippen molar-refractivity contribution < 1.29 is 18.3 Å². The second-order valence-corrected chi connectivity index (χ2v) is 8.05. The minimum Gasteiger partial charge on any atom is -0.496 e. The summed E-state index contributed by atoms with van der Waals surface area (Å²) in [6.45, 7) is -2.01. The molecule has 4 aromatic rings. The number of nitrogen functional groups attached to an aromatic ring is 1. The highest BCUT2D eigenvalue weighted by Gasteiger charge is 2.30. The largest absolute Gasteiger partial charge is 0.496 e. The summed E-state index contributed by atoms with van der Waals surface area (Å²) in [5.74, 6) is 2.47. The van der Waals surface area contributed by atoms with Gasteiger partial charge in [-0.2, -0.15) is 13.8 Å². The molecule has 0 unspecified atom stereocenters. The average Bonchev–Trinajstić information content (AvgIpc) is 3.21. The number of anilines is 4. The van der Waals surface area contributed by atoms with Gasteiger partial charge in [-0.15, -0.1) is 5.10 Å². The van der Waals surface area contributed by atoms with Crippen molar-refractivity contribution in [2.45, 2.75) is 12.7 Å². The molecule has 186 valence electrons. The first-order valence-corrected chi connectivity index (χ1v) is 11.0. The van der Waals surface area contributed by atoms with Crippen LogP contribution in [0.3, 0.4) is 0 Å². The molecule has 0 spiro atoms. The molecule has 11 nitrogen and oxygen atoms in total. The molecule has 5 rings (SSSR count). The smallest absolute Gasteiger partial charge is 0.345 e. The SMILES string of the molecule is COc1cc(Nc2nc(-c3ccc(N4CC(OC(F)F)C4)nc3)nn2C)ccc1-c1ccnc(N)n1. The Morgan fingerprint density at radius 1 is 1.11 bits per heavy atom. The van der Waals surface area contributed by atoms with Crippen LogP contribution < -0.4 is 20.7 Å². The Morgan fingerprint density at radius 2 is 1.94 bits per heavy atom. The number of hydrogen-bond acceptors (Lipinski definition) is 10. The third kappa shape index (κ3) is 4.86. The lowest BCUT2D eigenvalue weighted by Crippen LogP contribution is -2.53. The number of halogens is 2. The lowest BCUT2D eigenvalue weighted by atomic mass is 10.1. The van der Waals surface area contributed by atoms with Crippen LogP contribution in [0.1, 0.15) is 0 Å². The van der Waals surface area contributed by atoms with Crippen molar-refractivity contribution in [1.82, 2.24) is 29.7 Å². The number of rotatable bonds is 8. The molecule has 0 radical (unpaired) electrons. The fourth-order valence-corrected chi connectivity index (χ4v) is 3.81. The predicted molar refractivity (Wildman–Crippen MR) is 129 cm³/mol. The van der Waals surface area contributed by atoms with Gasteiger partial charge < -0.3 is 25.4 Å². The second-order valence-electron chi connectivity index (χ2n) is 8.05. The Kier molecular flexibility index (Phi) is 6.29. The molecule has 1 aromatic carbocycles. The summed E-state index contributed by atoms with van der Waals surface area (Å²) < 4.78 is 36.3. The van der Waals surface area contributed by atoms with E-state index in [-0.39, 0.29) is 5.95 Å². The Morgan fingerprint density at radius 3 is 2.64 bits per heavy atom. The first-order chi connectivity index (χ1) is 17.4. The van der Waals surface area contributed by atoms with Gasteiger partial charge in [0.2, 0.25) is 11.9 Å². The number of nitrogens with one attached hydrogen (secondary N) is 1. The first kappa shape index (κ1) is 23.4. The monoisotopic (exact) mass is 495 g/mol. The summed E-state index contributed by atoms with van der Waals surface area (Å²) in [4.78, 5) is 19.0. The number of hydrogen-bond donors (Lipinski definition) is 2. The van der Waals surface area contributed by atoms with E-state index in [1.165, 1.54) is 0 Å². The van der Waals surface area contributed by atoms with Gasteiger partial charge in [-0.3, -0.25) is 0 Å². The van der Waals surface area contributed by atoms with Crippen LogP contribution in [-0.2, 0) is 11.8 Å². The Bertz CT molecular complexity index is 1360. The molecule has 0 saturated carbocycles. The fraction of sp³-hybridized carbons (Fsp3) is 0.261. The minimum absolute atomic E-state index is 0.181. The zero-order valence-corrected chi connectivity index (χ0v) is 19.5. The van der Waals surface area contributed by atoms with Crippen molar-refractivity contribution in [2.75, 3.05) is 36.1 Å². The summed E-state index contributed by atoms with van der Waals surface area (Å²) in [6, 6.07) is 11.0. The Balaban J connectivity index is 1.29. The van der Waals surface area contributed by atoms with E-state index in [2.05, 4.69) is 35.1 Å². The van der Waals surface area contributed by atoms with Gasteiger partial charge in [-0.25, -0.2) is 19.6 Å². The maximum atomic E-state index is 12.3. The van der Waals surface area contributed by atoms with E-state index in [1.54, 1.807) is 43.4 Å². The molecule has 1 saturated heterocycles. The quantitative estimate of drug-likeness (QED) is 0.376. The molecule has 0 aliphatic carbocycles. The molecule has 36 heavy (non-hydrogen) atoms. The summed E-state index contributed by atoms with van der Waals surface area (Å²) in [5, 5.41) is 7.72. The predicted octanol–water partition coefficient (Wildman–Crippen LogP) is 3.10. The van der Waals surface area contributed by atoms with E-state index in [9.17, 15) is 8.78 Å². The zero-order chi connectivity index (χ0) is 25.2. The number of ether oxygens (including phenoxy) is 2. The third-order valence-electron chi connectivity index (χ3n) is 5.64. The Hall–Kier alpha value is -4.39. The number of pyridine rings is 1. The van der Waals surface area contributed by atoms with Crippen molar-refractivity contribution >= 4 is 23.4 Å². The summed E-state index contributed by atoms with van der Waals surface area (Å²) in [6.07, 6.45) is 2.76. The van der Waals surface area contributed by atoms with Gasteiger partial charge in [0.25, 0.3) is 0 Å². The molecule has 3 aromatic heterocycles. The number of benzene rings is 1. The number of methoxy groups -OCH3 is 1. The van der Waals surface area contributed by atoms with Gasteiger partial charge in [0.15, 0.2) is 5.82 Å². The van der Waals surface area contributed by atoms with Gasteiger partial charge in [0.1, 0.15) is 11.6 Å². The van der Waals surface area contributed by atoms with Crippen molar-refractivity contribution in [2.24, 2.45) is 7.05 Å². The van der Waals surface area contributed by atoms with Crippen molar-refractivity contribution in [3.63, 3.8) is 0 Å². The van der Waals surface area contributed by atoms with Gasteiger partial charge in [-0.05, 0) is 30.3 Å². The minimum atomic E-state index is -2.76. The molecule has 0 amide bonds. The van der Waals surface area contributed by atoms with E-state index in [4.69, 9.17) is 10.5 Å². The van der Waals surface area contributed by atoms with Crippen molar-refractivity contribution in [3.05, 3.63) is 48.8 Å². The molecule has 1 aliphatic rings. The number of nitrogens with two attached hydrogens (primary N) is 1. The Labute approximate surface area is 204 Å². The first-order valence-electron chi connectivity index (χ1n) is 11.0. The second kappa shape index (κ2) is 9.70. The van der Waals surface area contributed by atoms with Crippen molar-refractivity contribution in [1.29, 1.82) is 0 Å². The van der Waals surface area contributed by atoms with Gasteiger partial charge >= 0.3 is 6.61 Å². The number of aromatic nitrogens is 6. The molecule has 13 heteroatoms. The summed E-state index contributed by atoms with van der Waals surface area (Å²) in [7, 11) is 3.36. The highest BCUT2D eigenvalue weighted by molar-refractivity contribution is 5.72. The molecular weight excluding hydrogens is 472 g/mol. The van der Waals surface area contributed by atoms with Crippen LogP contribution in [-0.4, -0.2) is 62.6 Å². The van der Waals surface area contributed by atoms with Crippen molar-refractivity contribution in [3.8, 4) is 28.4 Å². The molecule has 0 atom stereocenters. The van der Waals surface area contributed by atoms with E-state index in [0.717, 1.165) is 16.8 Å². The standard InChI is InChI=1S/C23H23F2N9O2/c1-33-23(29-14-4-5-16(18(9-14)35-2)17-7-8-27-22(26)30-17)31-20(32-33)13-3-6-19(28-10-13)34-11-15(12-34)36-21(24)25/h3-10,15,21H,11-12H2,1-2H3,(H2,26,27,30)(H,29,31,32). The van der Waals surface area contributed by atoms with E-state index >= 15 is 0 Å². The molecule has 1 fully saturated rings. The van der Waals surface area contributed by atoms with Crippen LogP contribution >= 0.6 is 0 Å². The topological polar surface area (TPSA) is 129 Å². The normalized spacial score (nSPS) is 13.6. The fourth-order valence-electron chi connectivity index (χ4n) is 3.81. The summed E-state index contributed by atoms with van der Waals surface area (Å²) >= 11 is 0. The molecular formula is C23H23F2N9O2. The molecule has 1 aliphatic heterocycles. The van der Waals surface area contributed by atoms with Gasteiger partial charge in [0.05, 0.1) is 18.9 Å². The average molecular weight is 495 g/mol. The van der Waals surface area contributed by atoms with Gasteiger partial charge in [0, 0.05) is 55.4 Å². The third-order valence-corrected chi connectivity index (χ3v) is 5.64.